The molecule has 1 heterocycles. The molecule has 0 radical (unpaired) electrons. The number of allylic oxidation sites excluding steroid dienone is 2. The van der Waals surface area contributed by atoms with Crippen LogP contribution in [0.15, 0.2) is 36.4 Å². The maximum absolute atomic E-state index is 11.8. The molecule has 0 unspecified atom stereocenters. The molecule has 0 aliphatic rings. The summed E-state index contributed by atoms with van der Waals surface area (Å²) in [5.41, 5.74) is 1.06. The fourth-order valence-electron chi connectivity index (χ4n) is 1.39. The second kappa shape index (κ2) is 4.74. The number of halogens is 2. The molecule has 0 amide bonds. The molecule has 5 heteroatoms. The van der Waals surface area contributed by atoms with Crippen LogP contribution in [0.3, 0.4) is 0 Å². The van der Waals surface area contributed by atoms with Gasteiger partial charge in [-0.3, -0.25) is 0 Å². The summed E-state index contributed by atoms with van der Waals surface area (Å²) in [6.07, 6.45) is 1.85. The molecule has 17 heavy (non-hydrogen) atoms. The van der Waals surface area contributed by atoms with Crippen LogP contribution in [0, 0.1) is 0 Å². The molecule has 0 atom stereocenters. The van der Waals surface area contributed by atoms with E-state index in [1.54, 1.807) is 6.07 Å². The Kier molecular flexibility index (Phi) is 3.49. The van der Waals surface area contributed by atoms with Gasteiger partial charge in [0, 0.05) is 14.5 Å². The van der Waals surface area contributed by atoms with Crippen LogP contribution in [0.5, 0.6) is 0 Å². The first-order valence-electron chi connectivity index (χ1n) is 4.96. The summed E-state index contributed by atoms with van der Waals surface area (Å²) in [4.78, 5) is 16.2. The van der Waals surface area contributed by atoms with Crippen LogP contribution >= 0.6 is 31.9 Å². The van der Waals surface area contributed by atoms with E-state index in [1.165, 1.54) is 0 Å². The van der Waals surface area contributed by atoms with Crippen molar-refractivity contribution >= 4 is 48.3 Å². The predicted molar refractivity (Wildman–Crippen MR) is 75.0 cm³/mol. The molecule has 0 bridgehead atoms. The molecule has 3 nitrogen and oxygen atoms in total. The number of aromatic nitrogens is 1. The van der Waals surface area contributed by atoms with Crippen molar-refractivity contribution in [1.29, 1.82) is 0 Å². The van der Waals surface area contributed by atoms with E-state index in [0.29, 0.717) is 16.8 Å². The lowest BCUT2D eigenvalue weighted by Gasteiger charge is -2.03. The van der Waals surface area contributed by atoms with Gasteiger partial charge < -0.3 is 4.42 Å². The number of hydrogen-bond donors (Lipinski definition) is 0. The Morgan fingerprint density at radius 1 is 1.41 bits per heavy atom. The zero-order valence-corrected chi connectivity index (χ0v) is 12.4. The summed E-state index contributed by atoms with van der Waals surface area (Å²) in [6.45, 7) is 3.72. The third-order valence-corrected chi connectivity index (χ3v) is 3.48. The summed E-state index contributed by atoms with van der Waals surface area (Å²) in [5.74, 6) is 0.355. The monoisotopic (exact) mass is 357 g/mol. The molecular formula is C12H9Br2NO2. The van der Waals surface area contributed by atoms with E-state index in [9.17, 15) is 4.79 Å². The lowest BCUT2D eigenvalue weighted by molar-refractivity contribution is 0.486. The van der Waals surface area contributed by atoms with Crippen molar-refractivity contribution in [2.24, 2.45) is 0 Å². The summed E-state index contributed by atoms with van der Waals surface area (Å²) in [7, 11) is 0. The Balaban J connectivity index is 2.87. The van der Waals surface area contributed by atoms with Crippen LogP contribution < -0.4 is 5.63 Å². The zero-order chi connectivity index (χ0) is 12.6. The molecule has 0 aliphatic carbocycles. The predicted octanol–water partition coefficient (Wildman–Crippen LogP) is 4.14. The number of fused-ring (bicyclic) bond motifs is 1. The maximum Gasteiger partial charge on any atom is 0.347 e. The molecule has 88 valence electrons. The van der Waals surface area contributed by atoms with Crippen molar-refractivity contribution in [3.05, 3.63) is 43.5 Å². The summed E-state index contributed by atoms with van der Waals surface area (Å²) >= 11 is 6.72. The zero-order valence-electron chi connectivity index (χ0n) is 9.25. The average Bonchev–Trinajstić information content (AvgIpc) is 2.29. The van der Waals surface area contributed by atoms with Crippen LogP contribution in [0.4, 0.5) is 0 Å². The van der Waals surface area contributed by atoms with Crippen LogP contribution in [0.25, 0.3) is 16.5 Å². The largest absolute Gasteiger partial charge is 0.404 e. The number of hydrogen-bond acceptors (Lipinski definition) is 3. The molecule has 2 rings (SSSR count). The molecule has 0 fully saturated rings. The van der Waals surface area contributed by atoms with Crippen molar-refractivity contribution < 1.29 is 4.42 Å². The van der Waals surface area contributed by atoms with E-state index in [-0.39, 0.29) is 5.63 Å². The van der Waals surface area contributed by atoms with E-state index < -0.39 is 0 Å². The topological polar surface area (TPSA) is 43.1 Å². The number of rotatable bonds is 1. The Morgan fingerprint density at radius 3 is 2.76 bits per heavy atom. The van der Waals surface area contributed by atoms with Gasteiger partial charge in [-0.15, -0.1) is 0 Å². The van der Waals surface area contributed by atoms with Crippen LogP contribution in [-0.4, -0.2) is 4.98 Å². The van der Waals surface area contributed by atoms with E-state index in [0.717, 1.165) is 14.5 Å². The molecule has 0 spiro atoms. The minimum Gasteiger partial charge on any atom is -0.404 e. The van der Waals surface area contributed by atoms with E-state index >= 15 is 0 Å². The van der Waals surface area contributed by atoms with E-state index in [1.807, 2.05) is 26.0 Å². The van der Waals surface area contributed by atoms with Gasteiger partial charge in [0.15, 0.2) is 0 Å². The highest BCUT2D eigenvalue weighted by atomic mass is 79.9. The van der Waals surface area contributed by atoms with Gasteiger partial charge in [-0.25, -0.2) is 9.78 Å². The number of benzene rings is 1. The first-order valence-corrected chi connectivity index (χ1v) is 6.54. The van der Waals surface area contributed by atoms with Crippen molar-refractivity contribution in [2.75, 3.05) is 0 Å². The summed E-state index contributed by atoms with van der Waals surface area (Å²) < 4.78 is 6.75. The lowest BCUT2D eigenvalue weighted by Crippen LogP contribution is -2.04. The smallest absolute Gasteiger partial charge is 0.347 e. The van der Waals surface area contributed by atoms with Gasteiger partial charge in [-0.05, 0) is 41.9 Å². The third kappa shape index (κ3) is 2.35. The van der Waals surface area contributed by atoms with Crippen molar-refractivity contribution in [3.63, 3.8) is 0 Å². The Labute approximate surface area is 115 Å². The summed E-state index contributed by atoms with van der Waals surface area (Å²) in [5, 5.41) is 0.457. The van der Waals surface area contributed by atoms with Crippen molar-refractivity contribution in [3.8, 4) is 0 Å². The van der Waals surface area contributed by atoms with Gasteiger partial charge in [0.25, 0.3) is 0 Å². The number of nitrogens with zero attached hydrogens (tertiary/aromatic N) is 1. The molecular weight excluding hydrogens is 350 g/mol. The normalized spacial score (nSPS) is 12.1. The van der Waals surface area contributed by atoms with Gasteiger partial charge in [0.05, 0.1) is 10.9 Å². The molecule has 1 aromatic heterocycles. The van der Waals surface area contributed by atoms with Gasteiger partial charge in [0.1, 0.15) is 0 Å². The lowest BCUT2D eigenvalue weighted by atomic mass is 10.2. The minimum atomic E-state index is -0.381. The Morgan fingerprint density at radius 2 is 2.12 bits per heavy atom. The SMILES string of the molecule is C/C=C(\C)c1nc2c(Br)cc(Br)cc2c(=O)o1. The van der Waals surface area contributed by atoms with Crippen LogP contribution in [0.1, 0.15) is 19.7 Å². The first kappa shape index (κ1) is 12.5. The maximum atomic E-state index is 11.8. The van der Waals surface area contributed by atoms with Gasteiger partial charge >= 0.3 is 5.63 Å². The molecule has 0 saturated carbocycles. The quantitative estimate of drug-likeness (QED) is 0.769. The fraction of sp³-hybridized carbons (Fsp3) is 0.167. The highest BCUT2D eigenvalue weighted by Crippen LogP contribution is 2.26. The van der Waals surface area contributed by atoms with Crippen molar-refractivity contribution in [2.45, 2.75) is 13.8 Å². The molecule has 0 aliphatic heterocycles. The Hall–Kier alpha value is -0.940. The molecule has 2 aromatic rings. The first-order chi connectivity index (χ1) is 8.02. The molecule has 0 N–H and O–H groups in total. The standard InChI is InChI=1S/C12H9Br2NO2/c1-3-6(2)11-15-10-8(12(16)17-11)4-7(13)5-9(10)14/h3-5H,1-2H3/b6-3+. The van der Waals surface area contributed by atoms with E-state index in [4.69, 9.17) is 4.42 Å². The van der Waals surface area contributed by atoms with Crippen molar-refractivity contribution in [1.82, 2.24) is 4.98 Å². The Bertz CT molecular complexity index is 674. The second-order valence-corrected chi connectivity index (χ2v) is 5.33. The van der Waals surface area contributed by atoms with Crippen LogP contribution in [-0.2, 0) is 0 Å². The second-order valence-electron chi connectivity index (χ2n) is 3.56. The average molecular weight is 359 g/mol. The van der Waals surface area contributed by atoms with Crippen LogP contribution in [0.2, 0.25) is 0 Å². The molecule has 1 aromatic carbocycles. The van der Waals surface area contributed by atoms with Gasteiger partial charge in [-0.2, -0.15) is 0 Å². The minimum absolute atomic E-state index is 0.355. The third-order valence-electron chi connectivity index (χ3n) is 2.42. The highest BCUT2D eigenvalue weighted by Gasteiger charge is 2.11. The molecule has 0 saturated heterocycles. The van der Waals surface area contributed by atoms with Gasteiger partial charge in [-0.1, -0.05) is 22.0 Å². The highest BCUT2D eigenvalue weighted by molar-refractivity contribution is 9.11. The van der Waals surface area contributed by atoms with Gasteiger partial charge in [0.2, 0.25) is 5.89 Å². The summed E-state index contributed by atoms with van der Waals surface area (Å²) in [6, 6.07) is 3.55. The van der Waals surface area contributed by atoms with E-state index in [2.05, 4.69) is 36.8 Å². The fourth-order valence-corrected chi connectivity index (χ4v) is 2.71.